The number of para-hydroxylation sites is 1. The molecule has 1 atom stereocenters. The SMILES string of the molecule is CC(=O)Nc1ccnc(CCN2CCC3(CC2)CN(c2ccccc2)C(=O)C(C)O3)c1.Cl. The Kier molecular flexibility index (Phi) is 7.87. The van der Waals surface area contributed by atoms with E-state index in [2.05, 4.69) is 15.2 Å². The van der Waals surface area contributed by atoms with E-state index in [9.17, 15) is 9.59 Å². The van der Waals surface area contributed by atoms with Crippen LogP contribution in [0.5, 0.6) is 0 Å². The molecule has 0 bridgehead atoms. The molecule has 2 aliphatic heterocycles. The highest BCUT2D eigenvalue weighted by Gasteiger charge is 2.45. The second-order valence-corrected chi connectivity index (χ2v) is 8.51. The van der Waals surface area contributed by atoms with Crippen molar-refractivity contribution in [3.8, 4) is 0 Å². The third-order valence-corrected chi connectivity index (χ3v) is 6.14. The van der Waals surface area contributed by atoms with Crippen molar-refractivity contribution in [2.75, 3.05) is 36.4 Å². The van der Waals surface area contributed by atoms with Gasteiger partial charge in [0.2, 0.25) is 5.91 Å². The summed E-state index contributed by atoms with van der Waals surface area (Å²) in [7, 11) is 0. The van der Waals surface area contributed by atoms with E-state index in [4.69, 9.17) is 4.74 Å². The number of halogens is 1. The van der Waals surface area contributed by atoms with Crippen molar-refractivity contribution in [2.24, 2.45) is 0 Å². The van der Waals surface area contributed by atoms with Gasteiger partial charge in [0, 0.05) is 56.2 Å². The molecule has 2 aromatic rings. The highest BCUT2D eigenvalue weighted by atomic mass is 35.5. The Hall–Kier alpha value is -2.48. The normalized spacial score (nSPS) is 20.6. The van der Waals surface area contributed by atoms with E-state index in [-0.39, 0.29) is 29.8 Å². The number of ether oxygens (including phenoxy) is 1. The van der Waals surface area contributed by atoms with Gasteiger partial charge in [-0.1, -0.05) is 18.2 Å². The Morgan fingerprint density at radius 1 is 1.22 bits per heavy atom. The highest BCUT2D eigenvalue weighted by molar-refractivity contribution is 5.97. The largest absolute Gasteiger partial charge is 0.360 e. The van der Waals surface area contributed by atoms with Gasteiger partial charge in [-0.15, -0.1) is 12.4 Å². The molecule has 8 heteroatoms. The van der Waals surface area contributed by atoms with Crippen LogP contribution in [-0.4, -0.2) is 59.6 Å². The molecule has 1 aromatic heterocycles. The summed E-state index contributed by atoms with van der Waals surface area (Å²) in [4.78, 5) is 32.7. The fraction of sp³-hybridized carbons (Fsp3) is 0.458. The van der Waals surface area contributed by atoms with Crippen molar-refractivity contribution in [1.82, 2.24) is 9.88 Å². The van der Waals surface area contributed by atoms with Crippen molar-refractivity contribution in [1.29, 1.82) is 0 Å². The third-order valence-electron chi connectivity index (χ3n) is 6.14. The maximum absolute atomic E-state index is 12.7. The molecule has 2 aliphatic rings. The topological polar surface area (TPSA) is 74.8 Å². The molecule has 2 amide bonds. The maximum atomic E-state index is 12.7. The summed E-state index contributed by atoms with van der Waals surface area (Å²) in [6.45, 7) is 6.73. The van der Waals surface area contributed by atoms with Gasteiger partial charge in [0.05, 0.1) is 12.1 Å². The van der Waals surface area contributed by atoms with Gasteiger partial charge in [-0.3, -0.25) is 14.6 Å². The molecule has 7 nitrogen and oxygen atoms in total. The molecule has 1 aromatic carbocycles. The minimum absolute atomic E-state index is 0. The third kappa shape index (κ3) is 5.65. The molecular formula is C24H31ClN4O3. The Morgan fingerprint density at radius 3 is 2.62 bits per heavy atom. The number of hydrogen-bond donors (Lipinski definition) is 1. The summed E-state index contributed by atoms with van der Waals surface area (Å²) in [5, 5.41) is 2.81. The predicted octanol–water partition coefficient (Wildman–Crippen LogP) is 3.29. The number of pyridine rings is 1. The molecule has 0 saturated carbocycles. The molecule has 2 saturated heterocycles. The average molecular weight is 459 g/mol. The Morgan fingerprint density at radius 2 is 1.94 bits per heavy atom. The maximum Gasteiger partial charge on any atom is 0.255 e. The van der Waals surface area contributed by atoms with Crippen LogP contribution in [0.25, 0.3) is 0 Å². The molecule has 0 aliphatic carbocycles. The first-order valence-corrected chi connectivity index (χ1v) is 10.9. The number of piperidine rings is 1. The van der Waals surface area contributed by atoms with Crippen LogP contribution < -0.4 is 10.2 Å². The van der Waals surface area contributed by atoms with E-state index in [0.29, 0.717) is 6.54 Å². The number of morpholine rings is 1. The number of amides is 2. The summed E-state index contributed by atoms with van der Waals surface area (Å²) >= 11 is 0. The lowest BCUT2D eigenvalue weighted by Crippen LogP contribution is -2.61. The van der Waals surface area contributed by atoms with E-state index in [1.54, 1.807) is 12.3 Å². The van der Waals surface area contributed by atoms with E-state index >= 15 is 0 Å². The van der Waals surface area contributed by atoms with Crippen molar-refractivity contribution in [3.63, 3.8) is 0 Å². The second-order valence-electron chi connectivity index (χ2n) is 8.51. The lowest BCUT2D eigenvalue weighted by molar-refractivity contribution is -0.161. The average Bonchev–Trinajstić information content (AvgIpc) is 2.76. The van der Waals surface area contributed by atoms with Gasteiger partial charge in [0.15, 0.2) is 0 Å². The summed E-state index contributed by atoms with van der Waals surface area (Å²) in [5.74, 6) is -0.0485. The number of hydrogen-bond acceptors (Lipinski definition) is 5. The molecule has 1 N–H and O–H groups in total. The molecule has 1 unspecified atom stereocenters. The summed E-state index contributed by atoms with van der Waals surface area (Å²) in [6, 6.07) is 13.6. The van der Waals surface area contributed by atoms with Crippen molar-refractivity contribution in [3.05, 3.63) is 54.4 Å². The zero-order chi connectivity index (χ0) is 21.8. The second kappa shape index (κ2) is 10.4. The number of carbonyl (C=O) groups excluding carboxylic acids is 2. The fourth-order valence-electron chi connectivity index (χ4n) is 4.50. The van der Waals surface area contributed by atoms with E-state index in [1.165, 1.54) is 6.92 Å². The zero-order valence-corrected chi connectivity index (χ0v) is 19.4. The number of likely N-dealkylation sites (tertiary alicyclic amines) is 1. The van der Waals surface area contributed by atoms with E-state index < -0.39 is 6.10 Å². The van der Waals surface area contributed by atoms with Gasteiger partial charge in [0.25, 0.3) is 5.91 Å². The first-order chi connectivity index (χ1) is 14.9. The number of nitrogens with one attached hydrogen (secondary N) is 1. The summed E-state index contributed by atoms with van der Waals surface area (Å²) in [5.41, 5.74) is 2.40. The predicted molar refractivity (Wildman–Crippen MR) is 127 cm³/mol. The standard InChI is InChI=1S/C24H30N4O3.ClH/c1-18-23(30)28(22-6-4-3-5-7-22)17-24(31-18)10-14-27(15-11-24)13-9-20-16-21(8-12-25-20)26-19(2)29;/h3-8,12,16,18H,9-11,13-15,17H2,1-2H3,(H,25,26,29);1H. The minimum Gasteiger partial charge on any atom is -0.360 e. The number of aromatic nitrogens is 1. The van der Waals surface area contributed by atoms with E-state index in [1.807, 2.05) is 48.2 Å². The Bertz CT molecular complexity index is 932. The highest BCUT2D eigenvalue weighted by Crippen LogP contribution is 2.35. The van der Waals surface area contributed by atoms with Crippen LogP contribution in [0, 0.1) is 0 Å². The Labute approximate surface area is 195 Å². The van der Waals surface area contributed by atoms with Gasteiger partial charge in [-0.05, 0) is 44.0 Å². The molecule has 172 valence electrons. The Balaban J connectivity index is 0.00000289. The molecule has 32 heavy (non-hydrogen) atoms. The number of nitrogens with zero attached hydrogens (tertiary/aromatic N) is 3. The van der Waals surface area contributed by atoms with Crippen LogP contribution in [0.4, 0.5) is 11.4 Å². The fourth-order valence-corrected chi connectivity index (χ4v) is 4.50. The van der Waals surface area contributed by atoms with Crippen molar-refractivity contribution in [2.45, 2.75) is 44.8 Å². The van der Waals surface area contributed by atoms with Crippen LogP contribution in [0.2, 0.25) is 0 Å². The monoisotopic (exact) mass is 458 g/mol. The molecular weight excluding hydrogens is 428 g/mol. The summed E-state index contributed by atoms with van der Waals surface area (Å²) < 4.78 is 6.27. The molecule has 0 radical (unpaired) electrons. The quantitative estimate of drug-likeness (QED) is 0.744. The van der Waals surface area contributed by atoms with E-state index in [0.717, 1.165) is 56.0 Å². The van der Waals surface area contributed by atoms with Crippen LogP contribution in [0.15, 0.2) is 48.7 Å². The van der Waals surface area contributed by atoms with Crippen LogP contribution >= 0.6 is 12.4 Å². The zero-order valence-electron chi connectivity index (χ0n) is 18.6. The van der Waals surface area contributed by atoms with Crippen LogP contribution in [-0.2, 0) is 20.7 Å². The van der Waals surface area contributed by atoms with Gasteiger partial charge in [-0.2, -0.15) is 0 Å². The van der Waals surface area contributed by atoms with Crippen LogP contribution in [0.3, 0.4) is 0 Å². The first kappa shape index (κ1) is 24.2. The van der Waals surface area contributed by atoms with Crippen molar-refractivity contribution < 1.29 is 14.3 Å². The molecule has 2 fully saturated rings. The summed E-state index contributed by atoms with van der Waals surface area (Å²) in [6.07, 6.45) is 3.92. The number of rotatable bonds is 5. The lowest BCUT2D eigenvalue weighted by Gasteiger charge is -2.49. The first-order valence-electron chi connectivity index (χ1n) is 10.9. The van der Waals surface area contributed by atoms with Crippen molar-refractivity contribution >= 4 is 35.6 Å². The molecule has 3 heterocycles. The van der Waals surface area contributed by atoms with Gasteiger partial charge >= 0.3 is 0 Å². The molecule has 1 spiro atoms. The molecule has 4 rings (SSSR count). The number of benzene rings is 1. The minimum atomic E-state index is -0.429. The smallest absolute Gasteiger partial charge is 0.255 e. The van der Waals surface area contributed by atoms with Crippen LogP contribution in [0.1, 0.15) is 32.4 Å². The number of carbonyl (C=O) groups is 2. The lowest BCUT2D eigenvalue weighted by atomic mass is 9.88. The van der Waals surface area contributed by atoms with Gasteiger partial charge in [-0.25, -0.2) is 0 Å². The van der Waals surface area contributed by atoms with Gasteiger partial charge in [0.1, 0.15) is 6.10 Å². The number of anilines is 2. The van der Waals surface area contributed by atoms with Gasteiger partial charge < -0.3 is 19.9 Å².